The molecule has 0 radical (unpaired) electrons. The lowest BCUT2D eigenvalue weighted by Crippen LogP contribution is -2.04. The lowest BCUT2D eigenvalue weighted by atomic mass is 10.2. The first-order valence-electron chi connectivity index (χ1n) is 4.49. The van der Waals surface area contributed by atoms with Gasteiger partial charge in [-0.25, -0.2) is 8.78 Å². The molecule has 0 amide bonds. The zero-order valence-corrected chi connectivity index (χ0v) is 8.02. The van der Waals surface area contributed by atoms with Crippen LogP contribution in [0.15, 0.2) is 12.1 Å². The van der Waals surface area contributed by atoms with Crippen LogP contribution in [-0.2, 0) is 6.54 Å². The summed E-state index contributed by atoms with van der Waals surface area (Å²) >= 11 is 0. The van der Waals surface area contributed by atoms with E-state index in [1.165, 1.54) is 6.07 Å². The summed E-state index contributed by atoms with van der Waals surface area (Å²) in [5.41, 5.74) is 5.54. The maximum Gasteiger partial charge on any atom is 0.167 e. The predicted octanol–water partition coefficient (Wildman–Crippen LogP) is 2.21. The van der Waals surface area contributed by atoms with Gasteiger partial charge in [0.2, 0.25) is 0 Å². The van der Waals surface area contributed by atoms with E-state index in [0.717, 1.165) is 12.5 Å². The molecule has 0 aliphatic heterocycles. The van der Waals surface area contributed by atoms with Gasteiger partial charge in [0.15, 0.2) is 11.6 Å². The fourth-order valence-corrected chi connectivity index (χ4v) is 1.05. The number of ether oxygens (including phenoxy) is 1. The van der Waals surface area contributed by atoms with Gasteiger partial charge in [0.05, 0.1) is 6.61 Å². The van der Waals surface area contributed by atoms with E-state index in [1.807, 2.05) is 6.92 Å². The van der Waals surface area contributed by atoms with E-state index in [2.05, 4.69) is 0 Å². The zero-order valence-electron chi connectivity index (χ0n) is 8.02. The van der Waals surface area contributed by atoms with Crippen LogP contribution in [0.5, 0.6) is 5.75 Å². The average molecular weight is 201 g/mol. The third kappa shape index (κ3) is 2.42. The summed E-state index contributed by atoms with van der Waals surface area (Å²) in [5, 5.41) is 0. The summed E-state index contributed by atoms with van der Waals surface area (Å²) < 4.78 is 31.1. The zero-order chi connectivity index (χ0) is 10.6. The van der Waals surface area contributed by atoms with Crippen LogP contribution in [0.4, 0.5) is 8.78 Å². The second-order valence-electron chi connectivity index (χ2n) is 2.93. The molecular weight excluding hydrogens is 188 g/mol. The Bertz CT molecular complexity index is 315. The lowest BCUT2D eigenvalue weighted by Gasteiger charge is -2.08. The van der Waals surface area contributed by atoms with Crippen molar-refractivity contribution in [3.63, 3.8) is 0 Å². The number of hydrogen-bond donors (Lipinski definition) is 1. The van der Waals surface area contributed by atoms with E-state index in [1.54, 1.807) is 0 Å². The molecule has 0 saturated heterocycles. The standard InChI is InChI=1S/C10H13F2NO/c1-2-3-14-10-4-7(6-13)8(11)5-9(10)12/h4-5H,2-3,6,13H2,1H3. The van der Waals surface area contributed by atoms with Gasteiger partial charge in [-0.3, -0.25) is 0 Å². The Morgan fingerprint density at radius 2 is 2.00 bits per heavy atom. The maximum atomic E-state index is 13.1. The normalized spacial score (nSPS) is 10.3. The molecule has 0 saturated carbocycles. The fraction of sp³-hybridized carbons (Fsp3) is 0.400. The van der Waals surface area contributed by atoms with E-state index in [-0.39, 0.29) is 17.9 Å². The van der Waals surface area contributed by atoms with Crippen molar-refractivity contribution < 1.29 is 13.5 Å². The van der Waals surface area contributed by atoms with Crippen molar-refractivity contribution in [3.05, 3.63) is 29.3 Å². The summed E-state index contributed by atoms with van der Waals surface area (Å²) in [6, 6.07) is 2.10. The Balaban J connectivity index is 2.92. The molecule has 2 N–H and O–H groups in total. The minimum Gasteiger partial charge on any atom is -0.491 e. The second-order valence-corrected chi connectivity index (χ2v) is 2.93. The number of nitrogens with two attached hydrogens (primary N) is 1. The van der Waals surface area contributed by atoms with Crippen molar-refractivity contribution in [1.82, 2.24) is 0 Å². The largest absolute Gasteiger partial charge is 0.491 e. The van der Waals surface area contributed by atoms with E-state index >= 15 is 0 Å². The Morgan fingerprint density at radius 3 is 2.57 bits per heavy atom. The minimum absolute atomic E-state index is 0.0363. The van der Waals surface area contributed by atoms with E-state index in [4.69, 9.17) is 10.5 Å². The summed E-state index contributed by atoms with van der Waals surface area (Å²) in [5.74, 6) is -1.25. The van der Waals surface area contributed by atoms with Crippen molar-refractivity contribution in [2.24, 2.45) is 5.73 Å². The molecular formula is C10H13F2NO. The minimum atomic E-state index is -0.687. The van der Waals surface area contributed by atoms with Crippen molar-refractivity contribution in [1.29, 1.82) is 0 Å². The van der Waals surface area contributed by atoms with Crippen molar-refractivity contribution in [3.8, 4) is 5.75 Å². The Morgan fingerprint density at radius 1 is 1.29 bits per heavy atom. The second kappa shape index (κ2) is 4.91. The molecule has 78 valence electrons. The predicted molar refractivity (Wildman–Crippen MR) is 50.0 cm³/mol. The third-order valence-electron chi connectivity index (χ3n) is 1.78. The molecule has 1 aromatic carbocycles. The van der Waals surface area contributed by atoms with Crippen LogP contribution in [0.1, 0.15) is 18.9 Å². The van der Waals surface area contributed by atoms with Crippen molar-refractivity contribution in [2.75, 3.05) is 6.61 Å². The average Bonchev–Trinajstić information content (AvgIpc) is 2.17. The van der Waals surface area contributed by atoms with Gasteiger partial charge in [-0.1, -0.05) is 6.92 Å². The SMILES string of the molecule is CCCOc1cc(CN)c(F)cc1F. The molecule has 0 aromatic heterocycles. The molecule has 0 aliphatic rings. The molecule has 0 atom stereocenters. The molecule has 2 nitrogen and oxygen atoms in total. The Hall–Kier alpha value is -1.16. The first kappa shape index (κ1) is 10.9. The van der Waals surface area contributed by atoms with Crippen molar-refractivity contribution in [2.45, 2.75) is 19.9 Å². The summed E-state index contributed by atoms with van der Waals surface area (Å²) in [6.45, 7) is 2.35. The monoisotopic (exact) mass is 201 g/mol. The molecule has 0 bridgehead atoms. The van der Waals surface area contributed by atoms with Crippen molar-refractivity contribution >= 4 is 0 Å². The summed E-state index contributed by atoms with van der Waals surface area (Å²) in [6.07, 6.45) is 0.773. The van der Waals surface area contributed by atoms with Gasteiger partial charge in [-0.05, 0) is 12.5 Å². The maximum absolute atomic E-state index is 13.1. The van der Waals surface area contributed by atoms with Gasteiger partial charge in [0.1, 0.15) is 5.82 Å². The Labute approximate surface area is 81.7 Å². The van der Waals surface area contributed by atoms with Crippen LogP contribution in [0.25, 0.3) is 0 Å². The summed E-state index contributed by atoms with van der Waals surface area (Å²) in [4.78, 5) is 0. The number of hydrogen-bond acceptors (Lipinski definition) is 2. The van der Waals surface area contributed by atoms with Crippen LogP contribution in [0, 0.1) is 11.6 Å². The highest BCUT2D eigenvalue weighted by molar-refractivity contribution is 5.31. The molecule has 0 fully saturated rings. The number of benzene rings is 1. The van der Waals surface area contributed by atoms with Crippen LogP contribution < -0.4 is 10.5 Å². The molecule has 4 heteroatoms. The van der Waals surface area contributed by atoms with Crippen LogP contribution in [-0.4, -0.2) is 6.61 Å². The highest BCUT2D eigenvalue weighted by atomic mass is 19.1. The third-order valence-corrected chi connectivity index (χ3v) is 1.78. The fourth-order valence-electron chi connectivity index (χ4n) is 1.05. The molecule has 0 aliphatic carbocycles. The lowest BCUT2D eigenvalue weighted by molar-refractivity contribution is 0.299. The van der Waals surface area contributed by atoms with Gasteiger partial charge in [0, 0.05) is 18.2 Å². The van der Waals surface area contributed by atoms with E-state index < -0.39 is 11.6 Å². The Kier molecular flexibility index (Phi) is 3.83. The molecule has 0 unspecified atom stereocenters. The van der Waals surface area contributed by atoms with Crippen LogP contribution in [0.3, 0.4) is 0 Å². The van der Waals surface area contributed by atoms with Crippen LogP contribution in [0.2, 0.25) is 0 Å². The van der Waals surface area contributed by atoms with Gasteiger partial charge < -0.3 is 10.5 Å². The number of rotatable bonds is 4. The topological polar surface area (TPSA) is 35.2 Å². The van der Waals surface area contributed by atoms with Gasteiger partial charge in [0.25, 0.3) is 0 Å². The van der Waals surface area contributed by atoms with Gasteiger partial charge in [-0.15, -0.1) is 0 Å². The molecule has 1 aromatic rings. The quantitative estimate of drug-likeness (QED) is 0.810. The molecule has 1 rings (SSSR count). The van der Waals surface area contributed by atoms with Gasteiger partial charge in [-0.2, -0.15) is 0 Å². The highest BCUT2D eigenvalue weighted by Crippen LogP contribution is 2.21. The van der Waals surface area contributed by atoms with Crippen LogP contribution >= 0.6 is 0 Å². The van der Waals surface area contributed by atoms with E-state index in [0.29, 0.717) is 6.61 Å². The highest BCUT2D eigenvalue weighted by Gasteiger charge is 2.09. The molecule has 14 heavy (non-hydrogen) atoms. The first-order valence-corrected chi connectivity index (χ1v) is 4.49. The summed E-state index contributed by atoms with van der Waals surface area (Å²) in [7, 11) is 0. The first-order chi connectivity index (χ1) is 6.69. The van der Waals surface area contributed by atoms with E-state index in [9.17, 15) is 8.78 Å². The molecule has 0 heterocycles. The smallest absolute Gasteiger partial charge is 0.167 e. The number of halogens is 2. The van der Waals surface area contributed by atoms with Gasteiger partial charge >= 0.3 is 0 Å². The molecule has 0 spiro atoms.